The van der Waals surface area contributed by atoms with Gasteiger partial charge in [-0.3, -0.25) is 4.79 Å². The molecule has 1 atom stereocenters. The molecule has 0 spiro atoms. The van der Waals surface area contributed by atoms with Crippen molar-refractivity contribution < 1.29 is 9.90 Å². The van der Waals surface area contributed by atoms with Crippen molar-refractivity contribution in [3.05, 3.63) is 89.1 Å². The van der Waals surface area contributed by atoms with E-state index in [4.69, 9.17) is 10.5 Å². The Balaban J connectivity index is 0.000000200. The van der Waals surface area contributed by atoms with Crippen LogP contribution < -0.4 is 0 Å². The molecule has 2 heterocycles. The molecule has 1 aliphatic rings. The minimum Gasteiger partial charge on any atom is -0.481 e. The van der Waals surface area contributed by atoms with E-state index in [1.54, 1.807) is 0 Å². The first kappa shape index (κ1) is 22.5. The van der Waals surface area contributed by atoms with Gasteiger partial charge in [-0.2, -0.15) is 0 Å². The maximum absolute atomic E-state index is 10.3. The Hall–Kier alpha value is -3.67. The van der Waals surface area contributed by atoms with E-state index in [9.17, 15) is 4.79 Å². The molecule has 0 fully saturated rings. The summed E-state index contributed by atoms with van der Waals surface area (Å²) in [6, 6.07) is 15.9. The van der Waals surface area contributed by atoms with Crippen molar-refractivity contribution >= 4 is 22.6 Å². The van der Waals surface area contributed by atoms with Crippen LogP contribution in [0.15, 0.2) is 60.9 Å². The largest absolute Gasteiger partial charge is 0.481 e. The van der Waals surface area contributed by atoms with Crippen LogP contribution in [0.5, 0.6) is 0 Å². The Bertz CT molecular complexity index is 1300. The quantitative estimate of drug-likeness (QED) is 0.470. The molecule has 2 aromatic carbocycles. The highest BCUT2D eigenvalue weighted by Crippen LogP contribution is 2.34. The second-order valence-corrected chi connectivity index (χ2v) is 8.73. The van der Waals surface area contributed by atoms with Crippen molar-refractivity contribution in [2.75, 3.05) is 0 Å². The minimum atomic E-state index is -0.783. The number of carbonyl (C=O) groups is 1. The van der Waals surface area contributed by atoms with Crippen LogP contribution in [0, 0.1) is 25.2 Å². The molecule has 0 radical (unpaired) electrons. The predicted molar refractivity (Wildman–Crippen MR) is 131 cm³/mol. The number of rotatable bonds is 4. The fourth-order valence-electron chi connectivity index (χ4n) is 4.60. The van der Waals surface area contributed by atoms with Gasteiger partial charge in [0.05, 0.1) is 6.42 Å². The molecule has 0 amide bonds. The summed E-state index contributed by atoms with van der Waals surface area (Å²) < 4.78 is 4.42. The van der Waals surface area contributed by atoms with E-state index in [-0.39, 0.29) is 12.3 Å². The number of carboxylic acid groups (broad SMARTS) is 1. The Morgan fingerprint density at radius 1 is 1.15 bits per heavy atom. The highest BCUT2D eigenvalue weighted by atomic mass is 16.4. The smallest absolute Gasteiger partial charge is 0.307 e. The van der Waals surface area contributed by atoms with Crippen molar-refractivity contribution in [1.82, 2.24) is 14.1 Å². The van der Waals surface area contributed by atoms with Gasteiger partial charge in [-0.25, -0.2) is 4.98 Å². The van der Waals surface area contributed by atoms with Gasteiger partial charge in [0.2, 0.25) is 0 Å². The van der Waals surface area contributed by atoms with Crippen LogP contribution in [0.3, 0.4) is 0 Å². The van der Waals surface area contributed by atoms with E-state index in [2.05, 4.69) is 45.4 Å². The topological polar surface area (TPSA) is 83.9 Å². The van der Waals surface area contributed by atoms with E-state index >= 15 is 0 Å². The third-order valence-electron chi connectivity index (χ3n) is 6.45. The third kappa shape index (κ3) is 4.75. The zero-order valence-corrected chi connectivity index (χ0v) is 19.4. The van der Waals surface area contributed by atoms with Gasteiger partial charge in [-0.1, -0.05) is 48.0 Å². The van der Waals surface area contributed by atoms with Crippen LogP contribution in [0.1, 0.15) is 34.6 Å². The van der Waals surface area contributed by atoms with Crippen LogP contribution in [0.2, 0.25) is 0 Å². The van der Waals surface area contributed by atoms with Crippen molar-refractivity contribution in [1.29, 1.82) is 5.41 Å². The number of hydrogen-bond donors (Lipinski definition) is 2. The predicted octanol–water partition coefficient (Wildman–Crippen LogP) is 4.94. The number of para-hydroxylation sites is 1. The molecule has 0 saturated carbocycles. The summed E-state index contributed by atoms with van der Waals surface area (Å²) >= 11 is 0. The molecule has 170 valence electrons. The molecule has 33 heavy (non-hydrogen) atoms. The Morgan fingerprint density at radius 3 is 2.55 bits per heavy atom. The van der Waals surface area contributed by atoms with Gasteiger partial charge in [-0.15, -0.1) is 0 Å². The number of aryl methyl sites for hydroxylation is 3. The summed E-state index contributed by atoms with van der Waals surface area (Å²) in [5, 5.41) is 18.4. The highest BCUT2D eigenvalue weighted by molar-refractivity contribution is 6.12. The first-order valence-electron chi connectivity index (χ1n) is 11.2. The number of nitrogens with zero attached hydrogens (tertiary/aromatic N) is 3. The normalized spacial score (nSPS) is 15.1. The Kier molecular flexibility index (Phi) is 6.45. The summed E-state index contributed by atoms with van der Waals surface area (Å²) in [6.45, 7) is 4.85. The summed E-state index contributed by atoms with van der Waals surface area (Å²) in [6.07, 6.45) is 6.04. The van der Waals surface area contributed by atoms with E-state index < -0.39 is 5.97 Å². The second-order valence-electron chi connectivity index (χ2n) is 8.73. The van der Waals surface area contributed by atoms with Crippen molar-refractivity contribution in [3.8, 4) is 0 Å². The molecule has 0 aliphatic heterocycles. The molecule has 6 nitrogen and oxygen atoms in total. The van der Waals surface area contributed by atoms with Crippen LogP contribution in [0.25, 0.3) is 10.9 Å². The van der Waals surface area contributed by atoms with Crippen LogP contribution in [0.4, 0.5) is 0 Å². The van der Waals surface area contributed by atoms with E-state index in [1.807, 2.05) is 50.5 Å². The molecular weight excluding hydrogens is 412 g/mol. The molecule has 2 aromatic heterocycles. The SMILES string of the molecule is Cc1ccc(CC(=O)O)cc1.Cc1nccn1CC1CCc2c(c3ccccc3n2C)C1=N. The summed E-state index contributed by atoms with van der Waals surface area (Å²) in [4.78, 5) is 14.5. The number of aliphatic carboxylic acids is 1. The number of benzene rings is 2. The average molecular weight is 443 g/mol. The minimum absolute atomic E-state index is 0.111. The lowest BCUT2D eigenvalue weighted by Gasteiger charge is -2.25. The lowest BCUT2D eigenvalue weighted by molar-refractivity contribution is -0.136. The lowest BCUT2D eigenvalue weighted by Crippen LogP contribution is -2.27. The second kappa shape index (κ2) is 9.45. The maximum Gasteiger partial charge on any atom is 0.307 e. The van der Waals surface area contributed by atoms with Gasteiger partial charge in [0.1, 0.15) is 5.82 Å². The van der Waals surface area contributed by atoms with Crippen molar-refractivity contribution in [3.63, 3.8) is 0 Å². The van der Waals surface area contributed by atoms with E-state index in [0.29, 0.717) is 0 Å². The molecule has 0 bridgehead atoms. The molecule has 0 saturated heterocycles. The molecule has 4 aromatic rings. The first-order chi connectivity index (χ1) is 15.8. The van der Waals surface area contributed by atoms with Crippen molar-refractivity contribution in [2.45, 2.75) is 39.7 Å². The zero-order chi connectivity index (χ0) is 23.5. The van der Waals surface area contributed by atoms with Crippen LogP contribution in [-0.2, 0) is 31.2 Å². The molecule has 2 N–H and O–H groups in total. The number of carboxylic acids is 1. The van der Waals surface area contributed by atoms with E-state index in [1.165, 1.54) is 16.6 Å². The average Bonchev–Trinajstić information content (AvgIpc) is 3.33. The zero-order valence-electron chi connectivity index (χ0n) is 19.4. The summed E-state index contributed by atoms with van der Waals surface area (Å²) in [7, 11) is 2.12. The lowest BCUT2D eigenvalue weighted by atomic mass is 9.84. The fraction of sp³-hybridized carbons (Fsp3) is 0.296. The van der Waals surface area contributed by atoms with Gasteiger partial charge in [0.15, 0.2) is 0 Å². The van der Waals surface area contributed by atoms with Gasteiger partial charge in [-0.05, 0) is 38.3 Å². The molecule has 5 rings (SSSR count). The van der Waals surface area contributed by atoms with Gasteiger partial charge in [0, 0.05) is 59.8 Å². The first-order valence-corrected chi connectivity index (χ1v) is 11.2. The Labute approximate surface area is 194 Å². The summed E-state index contributed by atoms with van der Waals surface area (Å²) in [5.74, 6) is 0.511. The summed E-state index contributed by atoms with van der Waals surface area (Å²) in [5.41, 5.74) is 6.49. The maximum atomic E-state index is 10.3. The fourth-order valence-corrected chi connectivity index (χ4v) is 4.60. The number of fused-ring (bicyclic) bond motifs is 3. The third-order valence-corrected chi connectivity index (χ3v) is 6.45. The molecule has 1 aliphatic carbocycles. The van der Waals surface area contributed by atoms with Crippen LogP contribution >= 0.6 is 0 Å². The van der Waals surface area contributed by atoms with Crippen molar-refractivity contribution in [2.24, 2.45) is 13.0 Å². The Morgan fingerprint density at radius 2 is 1.88 bits per heavy atom. The van der Waals surface area contributed by atoms with Gasteiger partial charge >= 0.3 is 5.97 Å². The highest BCUT2D eigenvalue weighted by Gasteiger charge is 2.29. The number of hydrogen-bond acceptors (Lipinski definition) is 3. The molecular formula is C27H30N4O2. The monoisotopic (exact) mass is 442 g/mol. The number of aromatic nitrogens is 3. The van der Waals surface area contributed by atoms with Gasteiger partial charge in [0.25, 0.3) is 0 Å². The van der Waals surface area contributed by atoms with E-state index in [0.717, 1.165) is 47.6 Å². The standard InChI is InChI=1S/C18H20N4.C9H10O2/c1-12-20-9-10-22(12)11-13-7-8-16-17(18(13)19)14-5-3-4-6-15(14)21(16)2;1-7-2-4-8(5-3-7)6-9(10)11/h3-6,9-10,13,19H,7-8,11H2,1-2H3;2-5H,6H2,1H3,(H,10,11). The molecule has 1 unspecified atom stereocenters. The molecule has 6 heteroatoms. The van der Waals surface area contributed by atoms with Crippen LogP contribution in [-0.4, -0.2) is 30.9 Å². The number of nitrogens with one attached hydrogen (secondary N) is 1. The number of imidazole rings is 1. The van der Waals surface area contributed by atoms with Gasteiger partial charge < -0.3 is 19.7 Å².